The Morgan fingerprint density at radius 2 is 1.95 bits per heavy atom. The number of hydrogen-bond donors (Lipinski definition) is 1. The highest BCUT2D eigenvalue weighted by molar-refractivity contribution is 6.30. The van der Waals surface area contributed by atoms with Gasteiger partial charge in [0.15, 0.2) is 0 Å². The number of halogens is 2. The SMILES string of the molecule is CCNC(c1ccc(Cl)cc1F)c1c(C)oc(C)c1C. The summed E-state index contributed by atoms with van der Waals surface area (Å²) in [5.41, 5.74) is 2.65. The molecule has 0 bridgehead atoms. The topological polar surface area (TPSA) is 25.2 Å². The molecule has 1 N–H and O–H groups in total. The predicted octanol–water partition coefficient (Wildman–Crippen LogP) is 4.70. The summed E-state index contributed by atoms with van der Waals surface area (Å²) in [7, 11) is 0. The maximum Gasteiger partial charge on any atom is 0.129 e. The van der Waals surface area contributed by atoms with Crippen molar-refractivity contribution in [2.45, 2.75) is 33.7 Å². The molecular weight excluding hydrogens is 277 g/mol. The Labute approximate surface area is 123 Å². The fourth-order valence-corrected chi connectivity index (χ4v) is 2.70. The molecule has 0 saturated heterocycles. The van der Waals surface area contributed by atoms with E-state index in [4.69, 9.17) is 16.0 Å². The highest BCUT2D eigenvalue weighted by atomic mass is 35.5. The van der Waals surface area contributed by atoms with Gasteiger partial charge in [0.1, 0.15) is 17.3 Å². The molecule has 1 heterocycles. The monoisotopic (exact) mass is 295 g/mol. The molecule has 1 unspecified atom stereocenters. The first-order valence-electron chi connectivity index (χ1n) is 6.70. The summed E-state index contributed by atoms with van der Waals surface area (Å²) in [5.74, 6) is 1.39. The van der Waals surface area contributed by atoms with Crippen molar-refractivity contribution < 1.29 is 8.81 Å². The molecule has 0 spiro atoms. The lowest BCUT2D eigenvalue weighted by Gasteiger charge is -2.20. The van der Waals surface area contributed by atoms with Gasteiger partial charge >= 0.3 is 0 Å². The van der Waals surface area contributed by atoms with Crippen molar-refractivity contribution in [3.8, 4) is 0 Å². The number of rotatable bonds is 4. The van der Waals surface area contributed by atoms with E-state index in [0.717, 1.165) is 29.2 Å². The third kappa shape index (κ3) is 2.74. The van der Waals surface area contributed by atoms with Crippen molar-refractivity contribution in [1.82, 2.24) is 5.32 Å². The molecule has 1 aromatic heterocycles. The largest absolute Gasteiger partial charge is 0.466 e. The van der Waals surface area contributed by atoms with Crippen LogP contribution in [0.25, 0.3) is 0 Å². The number of nitrogens with one attached hydrogen (secondary N) is 1. The highest BCUT2D eigenvalue weighted by Crippen LogP contribution is 2.33. The van der Waals surface area contributed by atoms with Crippen molar-refractivity contribution in [3.63, 3.8) is 0 Å². The van der Waals surface area contributed by atoms with Crippen LogP contribution in [0.2, 0.25) is 5.02 Å². The summed E-state index contributed by atoms with van der Waals surface area (Å²) in [5, 5.41) is 3.73. The lowest BCUT2D eigenvalue weighted by atomic mass is 9.95. The first-order valence-corrected chi connectivity index (χ1v) is 7.08. The van der Waals surface area contributed by atoms with Gasteiger partial charge in [-0.15, -0.1) is 0 Å². The van der Waals surface area contributed by atoms with Gasteiger partial charge in [-0.05, 0) is 45.0 Å². The van der Waals surface area contributed by atoms with Crippen molar-refractivity contribution in [2.24, 2.45) is 0 Å². The molecule has 2 nitrogen and oxygen atoms in total. The van der Waals surface area contributed by atoms with E-state index in [9.17, 15) is 4.39 Å². The molecule has 2 aromatic rings. The molecule has 0 aliphatic heterocycles. The van der Waals surface area contributed by atoms with Crippen LogP contribution in [0.1, 0.15) is 41.2 Å². The average molecular weight is 296 g/mol. The molecule has 108 valence electrons. The summed E-state index contributed by atoms with van der Waals surface area (Å²) in [6.07, 6.45) is 0. The minimum Gasteiger partial charge on any atom is -0.466 e. The maximum atomic E-state index is 14.2. The molecule has 4 heteroatoms. The van der Waals surface area contributed by atoms with Crippen molar-refractivity contribution in [2.75, 3.05) is 6.54 Å². The van der Waals surface area contributed by atoms with Crippen molar-refractivity contribution >= 4 is 11.6 Å². The van der Waals surface area contributed by atoms with Crippen LogP contribution in [-0.4, -0.2) is 6.54 Å². The molecule has 1 aromatic carbocycles. The van der Waals surface area contributed by atoms with Crippen LogP contribution in [-0.2, 0) is 0 Å². The van der Waals surface area contributed by atoms with E-state index < -0.39 is 0 Å². The average Bonchev–Trinajstić information content (AvgIpc) is 2.62. The normalized spacial score (nSPS) is 12.7. The van der Waals surface area contributed by atoms with E-state index in [1.54, 1.807) is 12.1 Å². The Morgan fingerprint density at radius 3 is 2.45 bits per heavy atom. The second-order valence-electron chi connectivity index (χ2n) is 4.91. The molecule has 0 amide bonds. The number of furan rings is 1. The van der Waals surface area contributed by atoms with E-state index in [0.29, 0.717) is 10.6 Å². The second-order valence-corrected chi connectivity index (χ2v) is 5.35. The Hall–Kier alpha value is -1.32. The minimum atomic E-state index is -0.305. The number of hydrogen-bond acceptors (Lipinski definition) is 2. The number of aryl methyl sites for hydroxylation is 2. The summed E-state index contributed by atoms with van der Waals surface area (Å²) in [6, 6.07) is 4.56. The molecule has 2 rings (SSSR count). The van der Waals surface area contributed by atoms with Crippen LogP contribution in [0.3, 0.4) is 0 Å². The van der Waals surface area contributed by atoms with Crippen LogP contribution in [0.15, 0.2) is 22.6 Å². The Morgan fingerprint density at radius 1 is 1.25 bits per heavy atom. The van der Waals surface area contributed by atoms with Gasteiger partial charge in [-0.25, -0.2) is 4.39 Å². The van der Waals surface area contributed by atoms with Crippen molar-refractivity contribution in [3.05, 3.63) is 57.2 Å². The van der Waals surface area contributed by atoms with Gasteiger partial charge in [0.05, 0.1) is 6.04 Å². The molecule has 0 radical (unpaired) electrons. The summed E-state index contributed by atoms with van der Waals surface area (Å²) >= 11 is 5.83. The summed E-state index contributed by atoms with van der Waals surface area (Å²) in [4.78, 5) is 0. The molecule has 0 aliphatic carbocycles. The zero-order valence-corrected chi connectivity index (χ0v) is 12.9. The molecule has 0 aliphatic rings. The van der Waals surface area contributed by atoms with E-state index >= 15 is 0 Å². The van der Waals surface area contributed by atoms with E-state index in [2.05, 4.69) is 5.32 Å². The third-order valence-corrected chi connectivity index (χ3v) is 3.82. The van der Waals surface area contributed by atoms with Crippen molar-refractivity contribution in [1.29, 1.82) is 0 Å². The first-order chi connectivity index (χ1) is 9.45. The van der Waals surface area contributed by atoms with Gasteiger partial charge in [0.2, 0.25) is 0 Å². The van der Waals surface area contributed by atoms with Crippen LogP contribution in [0, 0.1) is 26.6 Å². The van der Waals surface area contributed by atoms with Gasteiger partial charge in [0, 0.05) is 16.1 Å². The smallest absolute Gasteiger partial charge is 0.129 e. The summed E-state index contributed by atoms with van der Waals surface area (Å²) in [6.45, 7) is 8.56. The number of benzene rings is 1. The van der Waals surface area contributed by atoms with Crippen LogP contribution < -0.4 is 5.32 Å². The fourth-order valence-electron chi connectivity index (χ4n) is 2.54. The lowest BCUT2D eigenvalue weighted by molar-refractivity contribution is 0.491. The Balaban J connectivity index is 2.56. The van der Waals surface area contributed by atoms with E-state index in [1.807, 2.05) is 27.7 Å². The molecule has 20 heavy (non-hydrogen) atoms. The zero-order valence-electron chi connectivity index (χ0n) is 12.2. The predicted molar refractivity (Wildman–Crippen MR) is 79.8 cm³/mol. The maximum absolute atomic E-state index is 14.2. The lowest BCUT2D eigenvalue weighted by Crippen LogP contribution is -2.24. The Kier molecular flexibility index (Phi) is 4.51. The van der Waals surface area contributed by atoms with Gasteiger partial charge < -0.3 is 9.73 Å². The minimum absolute atomic E-state index is 0.227. The second kappa shape index (κ2) is 5.98. The zero-order chi connectivity index (χ0) is 14.9. The van der Waals surface area contributed by atoms with Gasteiger partial charge in [-0.3, -0.25) is 0 Å². The molecule has 1 atom stereocenters. The third-order valence-electron chi connectivity index (χ3n) is 3.59. The van der Waals surface area contributed by atoms with Gasteiger partial charge in [-0.1, -0.05) is 24.6 Å². The van der Waals surface area contributed by atoms with Gasteiger partial charge in [-0.2, -0.15) is 0 Å². The van der Waals surface area contributed by atoms with Gasteiger partial charge in [0.25, 0.3) is 0 Å². The van der Waals surface area contributed by atoms with Crippen LogP contribution in [0.4, 0.5) is 4.39 Å². The molecule has 0 saturated carbocycles. The first kappa shape index (κ1) is 15.1. The fraction of sp³-hybridized carbons (Fsp3) is 0.375. The Bertz CT molecular complexity index is 621. The van der Waals surface area contributed by atoms with E-state index in [-0.39, 0.29) is 11.9 Å². The summed E-state index contributed by atoms with van der Waals surface area (Å²) < 4.78 is 19.9. The van der Waals surface area contributed by atoms with Crippen LogP contribution in [0.5, 0.6) is 0 Å². The highest BCUT2D eigenvalue weighted by Gasteiger charge is 2.24. The van der Waals surface area contributed by atoms with E-state index in [1.165, 1.54) is 6.07 Å². The standard InChI is InChI=1S/C16H19ClFNO/c1-5-19-16(13-7-6-12(17)8-14(13)18)15-9(2)10(3)20-11(15)4/h6-8,16,19H,5H2,1-4H3. The molecular formula is C16H19ClFNO. The quantitative estimate of drug-likeness (QED) is 0.885. The van der Waals surface area contributed by atoms with Crippen LogP contribution >= 0.6 is 11.6 Å². The molecule has 0 fully saturated rings.